The zero-order valence-corrected chi connectivity index (χ0v) is 23.8. The highest BCUT2D eigenvalue weighted by Gasteiger charge is 2.24. The summed E-state index contributed by atoms with van der Waals surface area (Å²) in [6.07, 6.45) is 8.28. The molecule has 0 spiro atoms. The van der Waals surface area contributed by atoms with Crippen molar-refractivity contribution in [1.29, 1.82) is 0 Å². The lowest BCUT2D eigenvalue weighted by molar-refractivity contribution is -0.163. The van der Waals surface area contributed by atoms with Gasteiger partial charge >= 0.3 is 5.69 Å². The monoisotopic (exact) mass is 577 g/mol. The maximum absolute atomic E-state index is 14.0. The Hall–Kier alpha value is -3.83. The molecule has 1 aliphatic heterocycles. The summed E-state index contributed by atoms with van der Waals surface area (Å²) in [5.74, 6) is 0.688. The van der Waals surface area contributed by atoms with Crippen molar-refractivity contribution in [2.24, 2.45) is 0 Å². The van der Waals surface area contributed by atoms with Gasteiger partial charge < -0.3 is 18.8 Å². The fraction of sp³-hybridized carbons (Fsp3) is 0.484. The zero-order chi connectivity index (χ0) is 29.1. The van der Waals surface area contributed by atoms with E-state index >= 15 is 0 Å². The molecular formula is C31H36FN5O5. The molecule has 222 valence electrons. The topological polar surface area (TPSA) is 102 Å². The molecule has 0 amide bonds. The van der Waals surface area contributed by atoms with Crippen LogP contribution in [0.1, 0.15) is 57.4 Å². The smallest absolute Gasteiger partial charge is 0.332 e. The largest absolute Gasteiger partial charge is 0.474 e. The molecular weight excluding hydrogens is 541 g/mol. The van der Waals surface area contributed by atoms with E-state index < -0.39 is 11.2 Å². The number of imidazole rings is 1. The molecule has 6 rings (SSSR count). The summed E-state index contributed by atoms with van der Waals surface area (Å²) in [6.45, 7) is 3.71. The second kappa shape index (κ2) is 12.6. The molecule has 11 heteroatoms. The molecule has 1 saturated heterocycles. The molecule has 10 nitrogen and oxygen atoms in total. The van der Waals surface area contributed by atoms with Crippen molar-refractivity contribution in [1.82, 2.24) is 23.7 Å². The highest BCUT2D eigenvalue weighted by molar-refractivity contribution is 5.77. The minimum Gasteiger partial charge on any atom is -0.474 e. The third kappa shape index (κ3) is 5.89. The number of benzene rings is 1. The number of pyridine rings is 1. The Labute approximate surface area is 242 Å². The lowest BCUT2D eigenvalue weighted by Crippen LogP contribution is -2.40. The Morgan fingerprint density at radius 3 is 2.50 bits per heavy atom. The van der Waals surface area contributed by atoms with Crippen LogP contribution < -0.4 is 16.0 Å². The second-order valence-electron chi connectivity index (χ2n) is 10.9. The third-order valence-corrected chi connectivity index (χ3v) is 7.99. The number of aromatic nitrogens is 5. The average Bonchev–Trinajstić information content (AvgIpc) is 3.35. The fourth-order valence-corrected chi connectivity index (χ4v) is 5.44. The van der Waals surface area contributed by atoms with Crippen LogP contribution in [-0.2, 0) is 29.1 Å². The zero-order valence-electron chi connectivity index (χ0n) is 23.8. The Morgan fingerprint density at radius 2 is 1.83 bits per heavy atom. The number of nitrogens with zero attached hydrogens (tertiary/aromatic N) is 5. The van der Waals surface area contributed by atoms with Crippen LogP contribution in [0, 0.1) is 5.82 Å². The molecule has 0 bridgehead atoms. The van der Waals surface area contributed by atoms with Gasteiger partial charge in [-0.25, -0.2) is 19.2 Å². The Balaban J connectivity index is 1.37. The molecule has 3 aromatic heterocycles. The summed E-state index contributed by atoms with van der Waals surface area (Å²) < 4.78 is 35.7. The number of hydrogen-bond donors (Lipinski definition) is 0. The van der Waals surface area contributed by atoms with E-state index in [2.05, 4.69) is 4.98 Å². The van der Waals surface area contributed by atoms with Gasteiger partial charge in [-0.1, -0.05) is 12.1 Å². The molecule has 4 aromatic rings. The fourth-order valence-electron chi connectivity index (χ4n) is 5.44. The standard InChI is InChI=1S/C31H36FN5O5/c1-2-35-29-27(30(38)36(31(35)39)16-6-18-41-26-9-3-4-17-40-26)37(20-21-10-13-23(32)14-11-21)28(34-29)22-12-15-25(33-19-22)42-24-7-5-8-24/h10-15,19,24,26H,2-9,16-18,20H2,1H3. The third-order valence-electron chi connectivity index (χ3n) is 7.99. The van der Waals surface area contributed by atoms with Crippen molar-refractivity contribution in [3.63, 3.8) is 0 Å². The van der Waals surface area contributed by atoms with E-state index in [-0.39, 0.29) is 31.3 Å². The molecule has 0 radical (unpaired) electrons. The summed E-state index contributed by atoms with van der Waals surface area (Å²) in [4.78, 5) is 36.8. The number of hydrogen-bond acceptors (Lipinski definition) is 7. The molecule has 1 aromatic carbocycles. The first-order valence-electron chi connectivity index (χ1n) is 14.9. The maximum Gasteiger partial charge on any atom is 0.332 e. The lowest BCUT2D eigenvalue weighted by Gasteiger charge is -2.25. The highest BCUT2D eigenvalue weighted by atomic mass is 19.1. The van der Waals surface area contributed by atoms with Gasteiger partial charge in [-0.05, 0) is 75.6 Å². The van der Waals surface area contributed by atoms with E-state index in [1.54, 1.807) is 29.0 Å². The molecule has 2 fully saturated rings. The van der Waals surface area contributed by atoms with Gasteiger partial charge in [0.25, 0.3) is 5.56 Å². The van der Waals surface area contributed by atoms with Crippen molar-refractivity contribution in [3.8, 4) is 17.3 Å². The van der Waals surface area contributed by atoms with Gasteiger partial charge in [0, 0.05) is 44.1 Å². The molecule has 4 heterocycles. The number of rotatable bonds is 11. The van der Waals surface area contributed by atoms with Gasteiger partial charge in [0.15, 0.2) is 17.5 Å². The molecule has 1 atom stereocenters. The van der Waals surface area contributed by atoms with Crippen molar-refractivity contribution >= 4 is 11.2 Å². The molecule has 2 aliphatic rings. The second-order valence-corrected chi connectivity index (χ2v) is 10.9. The van der Waals surface area contributed by atoms with Gasteiger partial charge in [-0.15, -0.1) is 0 Å². The average molecular weight is 578 g/mol. The van der Waals surface area contributed by atoms with E-state index in [4.69, 9.17) is 19.2 Å². The van der Waals surface area contributed by atoms with Crippen molar-refractivity contribution in [3.05, 3.63) is 74.8 Å². The minimum atomic E-state index is -0.424. The van der Waals surface area contributed by atoms with Crippen LogP contribution >= 0.6 is 0 Å². The molecule has 1 unspecified atom stereocenters. The first-order valence-corrected chi connectivity index (χ1v) is 14.9. The van der Waals surface area contributed by atoms with Crippen LogP contribution in [-0.4, -0.2) is 49.3 Å². The van der Waals surface area contributed by atoms with Gasteiger partial charge in [0.05, 0.1) is 6.61 Å². The quantitative estimate of drug-likeness (QED) is 0.242. The summed E-state index contributed by atoms with van der Waals surface area (Å²) in [5.41, 5.74) is 1.24. The van der Waals surface area contributed by atoms with Crippen molar-refractivity contribution in [2.75, 3.05) is 13.2 Å². The van der Waals surface area contributed by atoms with Crippen LogP contribution in [0.2, 0.25) is 0 Å². The minimum absolute atomic E-state index is 0.199. The van der Waals surface area contributed by atoms with E-state index in [9.17, 15) is 14.0 Å². The van der Waals surface area contributed by atoms with Crippen LogP contribution in [0.15, 0.2) is 52.2 Å². The molecule has 1 saturated carbocycles. The number of ether oxygens (including phenoxy) is 3. The Bertz CT molecular complexity index is 1630. The Kier molecular flexibility index (Phi) is 8.48. The first kappa shape index (κ1) is 28.3. The van der Waals surface area contributed by atoms with Crippen LogP contribution in [0.4, 0.5) is 4.39 Å². The van der Waals surface area contributed by atoms with E-state index in [1.807, 2.05) is 13.0 Å². The summed E-state index contributed by atoms with van der Waals surface area (Å²) in [5, 5.41) is 0. The normalized spacial score (nSPS) is 17.4. The maximum atomic E-state index is 14.0. The van der Waals surface area contributed by atoms with Crippen molar-refractivity contribution < 1.29 is 18.6 Å². The number of halogens is 1. The highest BCUT2D eigenvalue weighted by Crippen LogP contribution is 2.27. The SMILES string of the molecule is CCn1c(=O)n(CCCOC2CCCCO2)c(=O)c2c1nc(-c1ccc(OC3CCC3)nc1)n2Cc1ccc(F)cc1. The first-order chi connectivity index (χ1) is 20.5. The molecule has 0 N–H and O–H groups in total. The predicted octanol–water partition coefficient (Wildman–Crippen LogP) is 4.49. The Morgan fingerprint density at radius 1 is 1.00 bits per heavy atom. The summed E-state index contributed by atoms with van der Waals surface area (Å²) >= 11 is 0. The lowest BCUT2D eigenvalue weighted by atomic mass is 9.96. The van der Waals surface area contributed by atoms with Crippen LogP contribution in [0.25, 0.3) is 22.6 Å². The van der Waals surface area contributed by atoms with E-state index in [1.165, 1.54) is 21.3 Å². The van der Waals surface area contributed by atoms with Crippen LogP contribution in [0.5, 0.6) is 5.88 Å². The van der Waals surface area contributed by atoms with E-state index in [0.717, 1.165) is 44.1 Å². The van der Waals surface area contributed by atoms with Crippen LogP contribution in [0.3, 0.4) is 0 Å². The summed E-state index contributed by atoms with van der Waals surface area (Å²) in [7, 11) is 0. The number of fused-ring (bicyclic) bond motifs is 1. The summed E-state index contributed by atoms with van der Waals surface area (Å²) in [6, 6.07) is 9.80. The predicted molar refractivity (Wildman–Crippen MR) is 155 cm³/mol. The number of aryl methyl sites for hydroxylation is 1. The van der Waals surface area contributed by atoms with Crippen molar-refractivity contribution in [2.45, 2.75) is 83.9 Å². The van der Waals surface area contributed by atoms with Gasteiger partial charge in [0.1, 0.15) is 17.7 Å². The van der Waals surface area contributed by atoms with Gasteiger partial charge in [-0.3, -0.25) is 13.9 Å². The van der Waals surface area contributed by atoms with E-state index in [0.29, 0.717) is 54.6 Å². The molecule has 1 aliphatic carbocycles. The van der Waals surface area contributed by atoms with Gasteiger partial charge in [-0.2, -0.15) is 0 Å². The van der Waals surface area contributed by atoms with Gasteiger partial charge in [0.2, 0.25) is 5.88 Å². The molecule has 42 heavy (non-hydrogen) atoms.